The molecule has 14 nitrogen and oxygen atoms in total. The molecule has 2 fully saturated rings. The van der Waals surface area contributed by atoms with E-state index in [9.17, 15) is 34.4 Å². The summed E-state index contributed by atoms with van der Waals surface area (Å²) in [4.78, 5) is 65.4. The average molecular weight is 562 g/mol. The number of nitrogens with one attached hydrogen (secondary N) is 1. The summed E-state index contributed by atoms with van der Waals surface area (Å²) in [6.07, 6.45) is -0.627. The number of nitrogens with zero attached hydrogens (tertiary/aromatic N) is 4. The lowest BCUT2D eigenvalue weighted by molar-refractivity contribution is -0.392. The van der Waals surface area contributed by atoms with Gasteiger partial charge in [-0.1, -0.05) is 18.2 Å². The van der Waals surface area contributed by atoms with Crippen LogP contribution in [-0.2, 0) is 30.5 Å². The SMILES string of the molecule is CC(=O)N[C@@]1(C(=O)O)N2C(=O)[C@@H](Oc3ccccc3)[C@@]2(CC(=O)OCCn2c([N+](=O)[O-])cnc2C)SC1(C)C. The number of hydrogen-bond acceptors (Lipinski definition) is 10. The van der Waals surface area contributed by atoms with Crippen molar-refractivity contribution in [1.82, 2.24) is 19.8 Å². The molecule has 3 heterocycles. The van der Waals surface area contributed by atoms with E-state index in [1.165, 1.54) is 4.57 Å². The van der Waals surface area contributed by atoms with Crippen LogP contribution < -0.4 is 10.1 Å². The highest BCUT2D eigenvalue weighted by atomic mass is 32.2. The highest BCUT2D eigenvalue weighted by molar-refractivity contribution is 8.02. The topological polar surface area (TPSA) is 183 Å². The molecule has 0 saturated carbocycles. The number of esters is 1. The average Bonchev–Trinajstić information content (AvgIpc) is 3.29. The summed E-state index contributed by atoms with van der Waals surface area (Å²) in [5.41, 5.74) is -2.17. The zero-order valence-electron chi connectivity index (χ0n) is 21.6. The van der Waals surface area contributed by atoms with Gasteiger partial charge in [0.15, 0.2) is 5.82 Å². The van der Waals surface area contributed by atoms with E-state index >= 15 is 0 Å². The molecule has 2 aliphatic heterocycles. The molecular weight excluding hydrogens is 534 g/mol. The number of ether oxygens (including phenoxy) is 2. The minimum atomic E-state index is -2.17. The number of imidazole rings is 1. The van der Waals surface area contributed by atoms with Crippen LogP contribution in [0.1, 0.15) is 33.0 Å². The molecule has 2 saturated heterocycles. The van der Waals surface area contributed by atoms with Crippen LogP contribution in [0.15, 0.2) is 36.5 Å². The quantitative estimate of drug-likeness (QED) is 0.185. The molecule has 2 amide bonds. The minimum absolute atomic E-state index is 0.0446. The number of nitro groups is 1. The van der Waals surface area contributed by atoms with Crippen molar-refractivity contribution in [3.8, 4) is 5.75 Å². The number of carboxylic acid groups (broad SMARTS) is 1. The van der Waals surface area contributed by atoms with Gasteiger partial charge >= 0.3 is 17.8 Å². The fourth-order valence-electron chi connectivity index (χ4n) is 5.12. The molecule has 0 spiro atoms. The van der Waals surface area contributed by atoms with E-state index in [0.717, 1.165) is 29.8 Å². The van der Waals surface area contributed by atoms with E-state index < -0.39 is 56.5 Å². The van der Waals surface area contributed by atoms with Crippen LogP contribution in [0, 0.1) is 17.0 Å². The summed E-state index contributed by atoms with van der Waals surface area (Å²) in [6, 6.07) is 8.37. The maximum atomic E-state index is 13.5. The Hall–Kier alpha value is -4.14. The van der Waals surface area contributed by atoms with Gasteiger partial charge in [-0.05, 0) is 30.9 Å². The lowest BCUT2D eigenvalue weighted by Crippen LogP contribution is -2.83. The second-order valence-electron chi connectivity index (χ2n) is 9.61. The molecule has 0 unspecified atom stereocenters. The fraction of sp³-hybridized carbons (Fsp3) is 0.458. The van der Waals surface area contributed by atoms with Crippen molar-refractivity contribution in [3.05, 3.63) is 52.5 Å². The van der Waals surface area contributed by atoms with Crippen LogP contribution in [0.2, 0.25) is 0 Å². The second-order valence-corrected chi connectivity index (χ2v) is 11.5. The molecule has 2 aromatic rings. The standard InChI is InChI=1S/C24H27N5O9S/c1-14-25-13-17(29(35)36)27(14)10-11-37-18(31)12-23-19(38-16-8-6-5-7-9-16)20(32)28(23)24(21(33)34,26-15(2)30)22(3,4)39-23/h5-9,13,19H,10-12H2,1-4H3,(H,26,30)(H,33,34)/t19-,23-,24+/m1/s1. The number of aromatic nitrogens is 2. The number of carbonyl (C=O) groups is 4. The molecule has 1 aromatic heterocycles. The van der Waals surface area contributed by atoms with Crippen LogP contribution >= 0.6 is 11.8 Å². The van der Waals surface area contributed by atoms with Crippen molar-refractivity contribution in [1.29, 1.82) is 0 Å². The number of aliphatic carboxylic acids is 1. The number of para-hydroxylation sites is 1. The smallest absolute Gasteiger partial charge is 0.352 e. The summed E-state index contributed by atoms with van der Waals surface area (Å²) in [5, 5.41) is 24.0. The lowest BCUT2D eigenvalue weighted by Gasteiger charge is -2.55. The van der Waals surface area contributed by atoms with Crippen molar-refractivity contribution >= 4 is 41.3 Å². The van der Waals surface area contributed by atoms with Gasteiger partial charge in [0, 0.05) is 13.8 Å². The van der Waals surface area contributed by atoms with Gasteiger partial charge < -0.3 is 30.0 Å². The summed E-state index contributed by atoms with van der Waals surface area (Å²) < 4.78 is 11.3. The van der Waals surface area contributed by atoms with Gasteiger partial charge in [0.1, 0.15) is 30.0 Å². The normalized spacial score (nSPS) is 24.9. The van der Waals surface area contributed by atoms with Gasteiger partial charge in [0.2, 0.25) is 17.7 Å². The fourth-order valence-corrected chi connectivity index (χ4v) is 7.15. The number of amides is 2. The van der Waals surface area contributed by atoms with E-state index in [1.54, 1.807) is 51.1 Å². The Labute approximate surface area is 226 Å². The Morgan fingerprint density at radius 3 is 2.51 bits per heavy atom. The first-order valence-corrected chi connectivity index (χ1v) is 12.7. The third-order valence-electron chi connectivity index (χ3n) is 6.73. The maximum absolute atomic E-state index is 13.5. The Morgan fingerprint density at radius 1 is 1.26 bits per heavy atom. The number of carbonyl (C=O) groups excluding carboxylic acids is 3. The molecule has 4 rings (SSSR count). The number of hydrogen-bond donors (Lipinski definition) is 2. The summed E-state index contributed by atoms with van der Waals surface area (Å²) in [6.45, 7) is 5.54. The zero-order valence-corrected chi connectivity index (χ0v) is 22.4. The van der Waals surface area contributed by atoms with Crippen molar-refractivity contribution < 1.29 is 38.7 Å². The van der Waals surface area contributed by atoms with E-state index in [4.69, 9.17) is 9.47 Å². The second kappa shape index (κ2) is 9.87. The van der Waals surface area contributed by atoms with Crippen molar-refractivity contribution in [3.63, 3.8) is 0 Å². The Balaban J connectivity index is 1.63. The number of rotatable bonds is 10. The number of β-lactam (4-membered cyclic amide) rings is 1. The summed E-state index contributed by atoms with van der Waals surface area (Å²) >= 11 is 1.02. The largest absolute Gasteiger partial charge is 0.478 e. The van der Waals surface area contributed by atoms with E-state index in [1.807, 2.05) is 0 Å². The van der Waals surface area contributed by atoms with Crippen molar-refractivity contribution in [2.75, 3.05) is 6.61 Å². The first-order chi connectivity index (χ1) is 18.3. The van der Waals surface area contributed by atoms with Gasteiger partial charge in [-0.3, -0.25) is 19.3 Å². The number of carboxylic acids is 1. The third kappa shape index (κ3) is 4.45. The van der Waals surface area contributed by atoms with Crippen LogP contribution in [0.4, 0.5) is 5.82 Å². The summed E-state index contributed by atoms with van der Waals surface area (Å²) in [7, 11) is 0. The van der Waals surface area contributed by atoms with Crippen LogP contribution in [-0.4, -0.2) is 76.2 Å². The first kappa shape index (κ1) is 27.9. The third-order valence-corrected chi connectivity index (χ3v) is 8.43. The van der Waals surface area contributed by atoms with Crippen molar-refractivity contribution in [2.24, 2.45) is 0 Å². The van der Waals surface area contributed by atoms with E-state index in [-0.39, 0.29) is 19.0 Å². The molecule has 15 heteroatoms. The number of thioether (sulfide) groups is 1. The highest BCUT2D eigenvalue weighted by Gasteiger charge is 2.82. The van der Waals surface area contributed by atoms with Crippen LogP contribution in [0.5, 0.6) is 5.75 Å². The number of fused-ring (bicyclic) bond motifs is 1. The molecule has 39 heavy (non-hydrogen) atoms. The zero-order chi connectivity index (χ0) is 28.8. The monoisotopic (exact) mass is 561 g/mol. The van der Waals surface area contributed by atoms with Crippen molar-refractivity contribution in [2.45, 2.75) is 62.0 Å². The predicted molar refractivity (Wildman–Crippen MR) is 135 cm³/mol. The number of benzene rings is 1. The molecule has 208 valence electrons. The molecule has 0 aliphatic carbocycles. The molecule has 2 aliphatic rings. The molecular formula is C24H27N5O9S. The first-order valence-electron chi connectivity index (χ1n) is 11.9. The minimum Gasteiger partial charge on any atom is -0.478 e. The number of aryl methyl sites for hydroxylation is 1. The molecule has 2 N–H and O–H groups in total. The predicted octanol–water partition coefficient (Wildman–Crippen LogP) is 1.46. The Bertz CT molecular complexity index is 1350. The van der Waals surface area contributed by atoms with Gasteiger partial charge in [-0.2, -0.15) is 0 Å². The maximum Gasteiger partial charge on any atom is 0.352 e. The lowest BCUT2D eigenvalue weighted by atomic mass is 9.83. The van der Waals surface area contributed by atoms with Gasteiger partial charge in [-0.15, -0.1) is 11.8 Å². The molecule has 0 radical (unpaired) electrons. The van der Waals surface area contributed by atoms with Gasteiger partial charge in [0.25, 0.3) is 5.91 Å². The van der Waals surface area contributed by atoms with Crippen LogP contribution in [0.3, 0.4) is 0 Å². The Morgan fingerprint density at radius 2 is 1.92 bits per heavy atom. The Kier molecular flexibility index (Phi) is 7.06. The van der Waals surface area contributed by atoms with Gasteiger partial charge in [-0.25, -0.2) is 14.3 Å². The highest BCUT2D eigenvalue weighted by Crippen LogP contribution is 2.64. The molecule has 0 bridgehead atoms. The molecule has 3 atom stereocenters. The van der Waals surface area contributed by atoms with E-state index in [0.29, 0.717) is 11.6 Å². The van der Waals surface area contributed by atoms with Crippen LogP contribution in [0.25, 0.3) is 0 Å². The summed E-state index contributed by atoms with van der Waals surface area (Å²) in [5.74, 6) is -3.23. The van der Waals surface area contributed by atoms with E-state index in [2.05, 4.69) is 10.3 Å². The van der Waals surface area contributed by atoms with Gasteiger partial charge in [0.05, 0.1) is 11.2 Å². The molecule has 1 aromatic carbocycles.